The summed E-state index contributed by atoms with van der Waals surface area (Å²) in [5.41, 5.74) is 0.121. The Morgan fingerprint density at radius 2 is 1.74 bits per heavy atom. The number of ketones is 1. The maximum atomic E-state index is 12.5. The topological polar surface area (TPSA) is 60.4 Å². The molecule has 126 valence electrons. The fourth-order valence-electron chi connectivity index (χ4n) is 3.50. The lowest BCUT2D eigenvalue weighted by Gasteiger charge is -2.27. The zero-order valence-corrected chi connectivity index (χ0v) is 12.9. The Morgan fingerprint density at radius 3 is 2.30 bits per heavy atom. The van der Waals surface area contributed by atoms with E-state index in [0.29, 0.717) is 12.8 Å². The van der Waals surface area contributed by atoms with Crippen LogP contribution in [0.1, 0.15) is 36.0 Å². The van der Waals surface area contributed by atoms with Gasteiger partial charge in [-0.25, -0.2) is 8.42 Å². The van der Waals surface area contributed by atoms with Gasteiger partial charge in [-0.15, -0.1) is 13.2 Å². The second kappa shape index (κ2) is 5.51. The molecule has 0 aromatic heterocycles. The van der Waals surface area contributed by atoms with Crippen molar-refractivity contribution in [1.82, 2.24) is 0 Å². The number of carbonyl (C=O) groups is 1. The van der Waals surface area contributed by atoms with Gasteiger partial charge in [-0.05, 0) is 37.8 Å². The molecule has 8 heteroatoms. The van der Waals surface area contributed by atoms with Crippen LogP contribution in [0.15, 0.2) is 24.3 Å². The number of sulfone groups is 1. The van der Waals surface area contributed by atoms with Gasteiger partial charge in [-0.1, -0.05) is 12.1 Å². The molecule has 0 N–H and O–H groups in total. The first-order valence-electron chi connectivity index (χ1n) is 7.29. The monoisotopic (exact) mass is 348 g/mol. The van der Waals surface area contributed by atoms with Crippen LogP contribution >= 0.6 is 0 Å². The largest absolute Gasteiger partial charge is 0.573 e. The molecule has 2 heterocycles. The van der Waals surface area contributed by atoms with E-state index in [9.17, 15) is 26.4 Å². The molecule has 2 bridgehead atoms. The van der Waals surface area contributed by atoms with Crippen LogP contribution in [0.5, 0.6) is 5.75 Å². The first-order valence-corrected chi connectivity index (χ1v) is 8.90. The van der Waals surface area contributed by atoms with Crippen molar-refractivity contribution in [3.8, 4) is 5.75 Å². The third-order valence-electron chi connectivity index (χ3n) is 4.56. The maximum Gasteiger partial charge on any atom is 0.573 e. The first kappa shape index (κ1) is 16.3. The van der Waals surface area contributed by atoms with Crippen LogP contribution < -0.4 is 4.74 Å². The zero-order valence-electron chi connectivity index (χ0n) is 12.0. The molecular formula is C15H15F3O4S. The molecule has 23 heavy (non-hydrogen) atoms. The van der Waals surface area contributed by atoms with Crippen LogP contribution in [0.25, 0.3) is 0 Å². The van der Waals surface area contributed by atoms with Crippen molar-refractivity contribution in [2.45, 2.75) is 42.5 Å². The van der Waals surface area contributed by atoms with Crippen molar-refractivity contribution in [2.24, 2.45) is 5.92 Å². The fraction of sp³-hybridized carbons (Fsp3) is 0.533. The number of hydrogen-bond acceptors (Lipinski definition) is 4. The molecule has 2 unspecified atom stereocenters. The highest BCUT2D eigenvalue weighted by Crippen LogP contribution is 2.42. The van der Waals surface area contributed by atoms with Crippen molar-refractivity contribution in [3.05, 3.63) is 29.8 Å². The molecule has 2 aliphatic heterocycles. The van der Waals surface area contributed by atoms with Crippen LogP contribution in [0.4, 0.5) is 13.2 Å². The second-order valence-corrected chi connectivity index (χ2v) is 8.53. The Morgan fingerprint density at radius 1 is 1.13 bits per heavy atom. The lowest BCUT2D eigenvalue weighted by molar-refractivity contribution is -0.274. The Labute approximate surface area is 131 Å². The minimum Gasteiger partial charge on any atom is -0.406 e. The molecule has 2 fully saturated rings. The molecule has 1 aromatic rings. The van der Waals surface area contributed by atoms with Crippen LogP contribution in [0, 0.1) is 5.92 Å². The van der Waals surface area contributed by atoms with E-state index in [4.69, 9.17) is 0 Å². The highest BCUT2D eigenvalue weighted by molar-refractivity contribution is 7.93. The minimum absolute atomic E-state index is 0.121. The zero-order chi connectivity index (χ0) is 16.8. The SMILES string of the molecule is O=C(c1cccc(OC(F)(F)F)c1)C1CC2CCC(C1)S2(=O)=O. The number of ether oxygens (including phenoxy) is 1. The van der Waals surface area contributed by atoms with Gasteiger partial charge < -0.3 is 4.74 Å². The highest BCUT2D eigenvalue weighted by atomic mass is 32.2. The van der Waals surface area contributed by atoms with E-state index >= 15 is 0 Å². The van der Waals surface area contributed by atoms with Gasteiger partial charge in [-0.3, -0.25) is 4.79 Å². The molecule has 2 aliphatic rings. The van der Waals surface area contributed by atoms with Crippen molar-refractivity contribution in [1.29, 1.82) is 0 Å². The standard InChI is InChI=1S/C15H15F3O4S/c16-15(17,18)22-11-3-1-2-9(6-11)14(19)10-7-12-4-5-13(8-10)23(12,20)21/h1-3,6,10,12-13H,4-5,7-8H2. The molecule has 2 saturated heterocycles. The lowest BCUT2D eigenvalue weighted by atomic mass is 9.90. The van der Waals surface area contributed by atoms with Gasteiger partial charge in [0.15, 0.2) is 15.6 Å². The average Bonchev–Trinajstić information content (AvgIpc) is 2.65. The summed E-state index contributed by atoms with van der Waals surface area (Å²) < 4.78 is 64.6. The van der Waals surface area contributed by atoms with Crippen molar-refractivity contribution < 1.29 is 31.1 Å². The Hall–Kier alpha value is -1.57. The summed E-state index contributed by atoms with van der Waals surface area (Å²) in [5, 5.41) is -0.991. The molecule has 4 nitrogen and oxygen atoms in total. The summed E-state index contributed by atoms with van der Waals surface area (Å²) in [4.78, 5) is 12.5. The van der Waals surface area contributed by atoms with Gasteiger partial charge in [0, 0.05) is 11.5 Å². The molecule has 0 radical (unpaired) electrons. The van der Waals surface area contributed by atoms with E-state index in [1.165, 1.54) is 12.1 Å². The van der Waals surface area contributed by atoms with Gasteiger partial charge in [0.1, 0.15) is 5.75 Å². The van der Waals surface area contributed by atoms with Gasteiger partial charge >= 0.3 is 6.36 Å². The number of hydrogen-bond donors (Lipinski definition) is 0. The van der Waals surface area contributed by atoms with Crippen LogP contribution in [-0.4, -0.2) is 31.1 Å². The van der Waals surface area contributed by atoms with E-state index in [2.05, 4.69) is 4.74 Å². The quantitative estimate of drug-likeness (QED) is 0.788. The summed E-state index contributed by atoms with van der Waals surface area (Å²) in [6, 6.07) is 4.93. The normalized spacial score (nSPS) is 29.3. The number of fused-ring (bicyclic) bond motifs is 2. The summed E-state index contributed by atoms with van der Waals surface area (Å²) in [5.74, 6) is -1.23. The van der Waals surface area contributed by atoms with Gasteiger partial charge in [0.05, 0.1) is 10.5 Å². The van der Waals surface area contributed by atoms with Crippen molar-refractivity contribution in [2.75, 3.05) is 0 Å². The maximum absolute atomic E-state index is 12.5. The van der Waals surface area contributed by atoms with Crippen molar-refractivity contribution in [3.63, 3.8) is 0 Å². The van der Waals surface area contributed by atoms with E-state index in [1.807, 2.05) is 0 Å². The number of benzene rings is 1. The molecule has 1 aromatic carbocycles. The summed E-state index contributed by atoms with van der Waals surface area (Å²) >= 11 is 0. The number of rotatable bonds is 3. The van der Waals surface area contributed by atoms with Crippen LogP contribution in [0.2, 0.25) is 0 Å². The Kier molecular flexibility index (Phi) is 3.90. The van der Waals surface area contributed by atoms with E-state index in [-0.39, 0.29) is 24.2 Å². The molecular weight excluding hydrogens is 333 g/mol. The third-order valence-corrected chi connectivity index (χ3v) is 7.27. The van der Waals surface area contributed by atoms with Crippen LogP contribution in [-0.2, 0) is 9.84 Å². The minimum atomic E-state index is -4.82. The molecule has 3 rings (SSSR count). The molecule has 2 atom stereocenters. The third kappa shape index (κ3) is 3.22. The highest BCUT2D eigenvalue weighted by Gasteiger charge is 2.48. The average molecular weight is 348 g/mol. The van der Waals surface area contributed by atoms with Gasteiger partial charge in [0.25, 0.3) is 0 Å². The Bertz CT molecular complexity index is 706. The smallest absolute Gasteiger partial charge is 0.406 e. The molecule has 0 aliphatic carbocycles. The summed E-state index contributed by atoms with van der Waals surface area (Å²) in [6.45, 7) is 0. The lowest BCUT2D eigenvalue weighted by Crippen LogP contribution is -2.36. The second-order valence-electron chi connectivity index (χ2n) is 6.02. The number of alkyl halides is 3. The predicted molar refractivity (Wildman–Crippen MR) is 75.9 cm³/mol. The Balaban J connectivity index is 1.78. The van der Waals surface area contributed by atoms with Gasteiger partial charge in [-0.2, -0.15) is 0 Å². The number of carbonyl (C=O) groups excluding carboxylic acids is 1. The summed E-state index contributed by atoms with van der Waals surface area (Å²) in [6.07, 6.45) is -3.19. The molecule has 0 amide bonds. The van der Waals surface area contributed by atoms with E-state index < -0.39 is 38.4 Å². The van der Waals surface area contributed by atoms with E-state index in [1.54, 1.807) is 0 Å². The fourth-order valence-corrected chi connectivity index (χ4v) is 5.98. The number of Topliss-reactive ketones (excluding diaryl/α,β-unsaturated/α-hetero) is 1. The molecule has 0 spiro atoms. The number of halogens is 3. The first-order chi connectivity index (χ1) is 10.7. The molecule has 0 saturated carbocycles. The van der Waals surface area contributed by atoms with Crippen LogP contribution in [0.3, 0.4) is 0 Å². The van der Waals surface area contributed by atoms with Gasteiger partial charge in [0.2, 0.25) is 0 Å². The van der Waals surface area contributed by atoms with Crippen molar-refractivity contribution >= 4 is 15.6 Å². The predicted octanol–water partition coefficient (Wildman–Crippen LogP) is 3.12. The summed E-state index contributed by atoms with van der Waals surface area (Å²) in [7, 11) is -3.14. The van der Waals surface area contributed by atoms with E-state index in [0.717, 1.165) is 12.1 Å².